The molecule has 0 aromatic carbocycles. The molecular formula is C10H19NO2. The molecule has 1 atom stereocenters. The first kappa shape index (κ1) is 10.7. The van der Waals surface area contributed by atoms with Crippen molar-refractivity contribution in [2.45, 2.75) is 25.7 Å². The van der Waals surface area contributed by atoms with Crippen molar-refractivity contribution in [3.8, 4) is 0 Å². The quantitative estimate of drug-likeness (QED) is 0.640. The molecule has 13 heavy (non-hydrogen) atoms. The van der Waals surface area contributed by atoms with E-state index in [2.05, 4.69) is 4.90 Å². The van der Waals surface area contributed by atoms with E-state index in [9.17, 15) is 4.79 Å². The van der Waals surface area contributed by atoms with Gasteiger partial charge in [0.2, 0.25) is 0 Å². The Morgan fingerprint density at radius 3 is 3.08 bits per heavy atom. The number of nitrogens with zero attached hydrogens (tertiary/aromatic N) is 1. The Bertz CT molecular complexity index is 148. The van der Waals surface area contributed by atoms with Crippen molar-refractivity contribution in [1.82, 2.24) is 4.90 Å². The van der Waals surface area contributed by atoms with Gasteiger partial charge in [-0.3, -0.25) is 0 Å². The maximum atomic E-state index is 10.2. The molecule has 1 saturated heterocycles. The molecule has 1 heterocycles. The van der Waals surface area contributed by atoms with Gasteiger partial charge in [-0.25, -0.2) is 0 Å². The number of aldehydes is 1. The van der Waals surface area contributed by atoms with Gasteiger partial charge < -0.3 is 14.8 Å². The van der Waals surface area contributed by atoms with Crippen molar-refractivity contribution in [3.63, 3.8) is 0 Å². The molecular weight excluding hydrogens is 166 g/mol. The zero-order chi connectivity index (χ0) is 9.52. The summed E-state index contributed by atoms with van der Waals surface area (Å²) in [5.41, 5.74) is 0. The van der Waals surface area contributed by atoms with E-state index in [4.69, 9.17) is 5.11 Å². The van der Waals surface area contributed by atoms with Gasteiger partial charge in [0, 0.05) is 26.1 Å². The molecule has 0 bridgehead atoms. The number of hydrogen-bond donors (Lipinski definition) is 1. The molecule has 0 aromatic rings. The number of aliphatic hydroxyl groups excluding tert-OH is 1. The van der Waals surface area contributed by atoms with E-state index in [0.717, 1.165) is 32.3 Å². The lowest BCUT2D eigenvalue weighted by Crippen LogP contribution is -2.36. The molecule has 76 valence electrons. The third kappa shape index (κ3) is 3.87. The van der Waals surface area contributed by atoms with Crippen LogP contribution in [0.3, 0.4) is 0 Å². The Balaban J connectivity index is 2.20. The monoisotopic (exact) mass is 185 g/mol. The topological polar surface area (TPSA) is 40.5 Å². The number of carbonyl (C=O) groups excluding carboxylic acids is 1. The van der Waals surface area contributed by atoms with Crippen LogP contribution in [0.2, 0.25) is 0 Å². The van der Waals surface area contributed by atoms with Crippen LogP contribution in [0.4, 0.5) is 0 Å². The molecule has 0 aliphatic carbocycles. The van der Waals surface area contributed by atoms with Gasteiger partial charge in [0.05, 0.1) is 0 Å². The molecule has 3 nitrogen and oxygen atoms in total. The molecule has 1 N–H and O–H groups in total. The van der Waals surface area contributed by atoms with Crippen LogP contribution in [0.5, 0.6) is 0 Å². The second-order valence-corrected chi connectivity index (χ2v) is 3.78. The Morgan fingerprint density at radius 2 is 2.38 bits per heavy atom. The minimum absolute atomic E-state index is 0.298. The second-order valence-electron chi connectivity index (χ2n) is 3.78. The lowest BCUT2D eigenvalue weighted by Gasteiger charge is -2.31. The minimum Gasteiger partial charge on any atom is -0.396 e. The van der Waals surface area contributed by atoms with Gasteiger partial charge in [0.1, 0.15) is 6.29 Å². The van der Waals surface area contributed by atoms with Gasteiger partial charge >= 0.3 is 0 Å². The fraction of sp³-hybridized carbons (Fsp3) is 0.900. The summed E-state index contributed by atoms with van der Waals surface area (Å²) in [6, 6.07) is 0. The maximum Gasteiger partial charge on any atom is 0.121 e. The number of piperidine rings is 1. The fourth-order valence-electron chi connectivity index (χ4n) is 2.01. The Hall–Kier alpha value is -0.410. The third-order valence-electron chi connectivity index (χ3n) is 2.70. The van der Waals surface area contributed by atoms with Gasteiger partial charge in [-0.05, 0) is 31.7 Å². The van der Waals surface area contributed by atoms with E-state index in [1.165, 1.54) is 12.8 Å². The third-order valence-corrected chi connectivity index (χ3v) is 2.70. The van der Waals surface area contributed by atoms with E-state index in [1.807, 2.05) is 0 Å². The van der Waals surface area contributed by atoms with Crippen LogP contribution in [-0.4, -0.2) is 42.5 Å². The summed E-state index contributed by atoms with van der Waals surface area (Å²) < 4.78 is 0. The Morgan fingerprint density at radius 1 is 1.54 bits per heavy atom. The number of likely N-dealkylation sites (tertiary alicyclic amines) is 1. The standard InChI is InChI=1S/C10H19NO2/c12-7-2-6-11-5-1-3-10(9-11)4-8-13/h7,10,13H,1-6,8-9H2. The highest BCUT2D eigenvalue weighted by Crippen LogP contribution is 2.18. The molecule has 0 radical (unpaired) electrons. The second kappa shape index (κ2) is 6.11. The molecule has 1 fully saturated rings. The van der Waals surface area contributed by atoms with E-state index < -0.39 is 0 Å². The average molecular weight is 185 g/mol. The van der Waals surface area contributed by atoms with Gasteiger partial charge in [0.15, 0.2) is 0 Å². The van der Waals surface area contributed by atoms with Crippen molar-refractivity contribution in [3.05, 3.63) is 0 Å². The van der Waals surface area contributed by atoms with E-state index in [0.29, 0.717) is 18.9 Å². The van der Waals surface area contributed by atoms with E-state index in [1.54, 1.807) is 0 Å². The molecule has 1 aliphatic rings. The number of aliphatic hydroxyl groups is 1. The summed E-state index contributed by atoms with van der Waals surface area (Å²) in [6.07, 6.45) is 4.99. The Kier molecular flexibility index (Phi) is 5.01. The first-order valence-electron chi connectivity index (χ1n) is 5.13. The predicted molar refractivity (Wildman–Crippen MR) is 51.5 cm³/mol. The highest BCUT2D eigenvalue weighted by atomic mass is 16.3. The van der Waals surface area contributed by atoms with Crippen molar-refractivity contribution < 1.29 is 9.90 Å². The van der Waals surface area contributed by atoms with Crippen LogP contribution in [0.15, 0.2) is 0 Å². The molecule has 1 unspecified atom stereocenters. The summed E-state index contributed by atoms with van der Waals surface area (Å²) in [7, 11) is 0. The smallest absolute Gasteiger partial charge is 0.121 e. The molecule has 1 aliphatic heterocycles. The van der Waals surface area contributed by atoms with E-state index in [-0.39, 0.29) is 0 Å². The lowest BCUT2D eigenvalue weighted by molar-refractivity contribution is -0.108. The largest absolute Gasteiger partial charge is 0.396 e. The van der Waals surface area contributed by atoms with Crippen LogP contribution in [0, 0.1) is 5.92 Å². The molecule has 0 spiro atoms. The zero-order valence-corrected chi connectivity index (χ0v) is 8.11. The van der Waals surface area contributed by atoms with Gasteiger partial charge in [-0.15, -0.1) is 0 Å². The molecule has 3 heteroatoms. The fourth-order valence-corrected chi connectivity index (χ4v) is 2.01. The maximum absolute atomic E-state index is 10.2. The summed E-state index contributed by atoms with van der Waals surface area (Å²) in [4.78, 5) is 12.5. The van der Waals surface area contributed by atoms with Crippen LogP contribution in [0.25, 0.3) is 0 Å². The first-order valence-corrected chi connectivity index (χ1v) is 5.13. The van der Waals surface area contributed by atoms with Crippen molar-refractivity contribution in [2.75, 3.05) is 26.2 Å². The molecule has 1 rings (SSSR count). The zero-order valence-electron chi connectivity index (χ0n) is 8.11. The van der Waals surface area contributed by atoms with Gasteiger partial charge in [-0.1, -0.05) is 0 Å². The van der Waals surface area contributed by atoms with Crippen LogP contribution in [-0.2, 0) is 4.79 Å². The first-order chi connectivity index (χ1) is 6.36. The van der Waals surface area contributed by atoms with Crippen LogP contribution >= 0.6 is 0 Å². The molecule has 0 amide bonds. The number of hydrogen-bond acceptors (Lipinski definition) is 3. The molecule has 0 aromatic heterocycles. The van der Waals surface area contributed by atoms with Crippen molar-refractivity contribution in [2.24, 2.45) is 5.92 Å². The van der Waals surface area contributed by atoms with Gasteiger partial charge in [0.25, 0.3) is 0 Å². The van der Waals surface area contributed by atoms with Crippen LogP contribution < -0.4 is 0 Å². The minimum atomic E-state index is 0.298. The lowest BCUT2D eigenvalue weighted by atomic mass is 9.95. The number of rotatable bonds is 5. The summed E-state index contributed by atoms with van der Waals surface area (Å²) in [5, 5.41) is 8.81. The molecule has 0 saturated carbocycles. The average Bonchev–Trinajstić information content (AvgIpc) is 2.16. The summed E-state index contributed by atoms with van der Waals surface area (Å²) in [5.74, 6) is 0.644. The van der Waals surface area contributed by atoms with Crippen LogP contribution in [0.1, 0.15) is 25.7 Å². The summed E-state index contributed by atoms with van der Waals surface area (Å²) >= 11 is 0. The van der Waals surface area contributed by atoms with Crippen molar-refractivity contribution in [1.29, 1.82) is 0 Å². The summed E-state index contributed by atoms with van der Waals surface area (Å²) in [6.45, 7) is 3.38. The highest BCUT2D eigenvalue weighted by Gasteiger charge is 2.18. The van der Waals surface area contributed by atoms with Gasteiger partial charge in [-0.2, -0.15) is 0 Å². The predicted octanol–water partition coefficient (Wildman–Crippen LogP) is 0.670. The Labute approximate surface area is 79.7 Å². The van der Waals surface area contributed by atoms with E-state index >= 15 is 0 Å². The normalized spacial score (nSPS) is 24.5. The highest BCUT2D eigenvalue weighted by molar-refractivity contribution is 5.49. The SMILES string of the molecule is O=CCCN1CCCC(CCO)C1. The van der Waals surface area contributed by atoms with Crippen molar-refractivity contribution >= 4 is 6.29 Å². The number of carbonyl (C=O) groups is 1.